The van der Waals surface area contributed by atoms with E-state index in [1.807, 2.05) is 0 Å². The topological polar surface area (TPSA) is 53.6 Å². The highest BCUT2D eigenvalue weighted by Gasteiger charge is 2.22. The molecular formula is C14H24N4S. The molecule has 1 atom stereocenters. The molecule has 19 heavy (non-hydrogen) atoms. The van der Waals surface area contributed by atoms with Gasteiger partial charge in [-0.15, -0.1) is 11.3 Å². The number of guanidine groups is 1. The van der Waals surface area contributed by atoms with E-state index in [1.54, 1.807) is 11.3 Å². The molecule has 1 aliphatic heterocycles. The normalized spacial score (nSPS) is 20.9. The summed E-state index contributed by atoms with van der Waals surface area (Å²) in [6, 6.07) is 4.82. The molecule has 1 saturated heterocycles. The van der Waals surface area contributed by atoms with Crippen LogP contribution in [-0.4, -0.2) is 43.1 Å². The Morgan fingerprint density at radius 1 is 1.63 bits per heavy atom. The van der Waals surface area contributed by atoms with Gasteiger partial charge in [0.05, 0.1) is 6.54 Å². The minimum absolute atomic E-state index is 0.583. The fourth-order valence-corrected chi connectivity index (χ4v) is 3.26. The molecule has 0 saturated carbocycles. The summed E-state index contributed by atoms with van der Waals surface area (Å²) in [5, 5.41) is 5.30. The number of hydrogen-bond donors (Lipinski definition) is 2. The maximum Gasteiger partial charge on any atom is 0.188 e. The Morgan fingerprint density at radius 3 is 3.26 bits per heavy atom. The zero-order valence-corrected chi connectivity index (χ0v) is 12.5. The molecule has 1 unspecified atom stereocenters. The van der Waals surface area contributed by atoms with Crippen LogP contribution in [-0.2, 0) is 6.42 Å². The number of thiophene rings is 1. The smallest absolute Gasteiger partial charge is 0.188 e. The summed E-state index contributed by atoms with van der Waals surface area (Å²) in [5.41, 5.74) is 5.90. The molecule has 0 spiro atoms. The molecule has 0 aliphatic carbocycles. The highest BCUT2D eigenvalue weighted by molar-refractivity contribution is 7.09. The van der Waals surface area contributed by atoms with Gasteiger partial charge in [-0.05, 0) is 43.8 Å². The average Bonchev–Trinajstić information content (AvgIpc) is 3.07. The number of likely N-dealkylation sites (tertiary alicyclic amines) is 1. The van der Waals surface area contributed by atoms with Crippen LogP contribution in [0.4, 0.5) is 0 Å². The van der Waals surface area contributed by atoms with E-state index in [2.05, 4.69) is 39.6 Å². The van der Waals surface area contributed by atoms with Crippen molar-refractivity contribution in [3.63, 3.8) is 0 Å². The van der Waals surface area contributed by atoms with Crippen LogP contribution in [0.25, 0.3) is 0 Å². The van der Waals surface area contributed by atoms with Crippen LogP contribution in [0.3, 0.4) is 0 Å². The van der Waals surface area contributed by atoms with Gasteiger partial charge in [-0.3, -0.25) is 9.89 Å². The van der Waals surface area contributed by atoms with Crippen molar-refractivity contribution in [2.45, 2.75) is 32.2 Å². The summed E-state index contributed by atoms with van der Waals surface area (Å²) in [7, 11) is 0. The summed E-state index contributed by atoms with van der Waals surface area (Å²) in [5.74, 6) is 0.583. The number of rotatable bonds is 6. The first-order valence-electron chi connectivity index (χ1n) is 7.10. The second-order valence-corrected chi connectivity index (χ2v) is 5.94. The van der Waals surface area contributed by atoms with Crippen molar-refractivity contribution in [2.24, 2.45) is 10.7 Å². The Hall–Kier alpha value is -1.07. The molecular weight excluding hydrogens is 256 g/mol. The second kappa shape index (κ2) is 7.50. The lowest BCUT2D eigenvalue weighted by atomic mass is 10.2. The summed E-state index contributed by atoms with van der Waals surface area (Å²) >= 11 is 1.78. The zero-order valence-electron chi connectivity index (χ0n) is 11.6. The highest BCUT2D eigenvalue weighted by atomic mass is 32.1. The van der Waals surface area contributed by atoms with Gasteiger partial charge in [0.2, 0.25) is 0 Å². The monoisotopic (exact) mass is 280 g/mol. The van der Waals surface area contributed by atoms with Crippen molar-refractivity contribution in [2.75, 3.05) is 26.2 Å². The van der Waals surface area contributed by atoms with E-state index in [4.69, 9.17) is 5.73 Å². The molecule has 0 aromatic carbocycles. The fraction of sp³-hybridized carbons (Fsp3) is 0.643. The van der Waals surface area contributed by atoms with Gasteiger partial charge < -0.3 is 11.1 Å². The largest absolute Gasteiger partial charge is 0.370 e. The summed E-state index contributed by atoms with van der Waals surface area (Å²) in [6.45, 7) is 6.22. The Morgan fingerprint density at radius 2 is 2.53 bits per heavy atom. The Labute approximate surface area is 119 Å². The second-order valence-electron chi connectivity index (χ2n) is 4.91. The molecule has 1 aromatic heterocycles. The van der Waals surface area contributed by atoms with E-state index in [0.717, 1.165) is 26.1 Å². The summed E-state index contributed by atoms with van der Waals surface area (Å²) < 4.78 is 0. The quantitative estimate of drug-likeness (QED) is 0.616. The lowest BCUT2D eigenvalue weighted by Gasteiger charge is -2.20. The maximum absolute atomic E-state index is 5.90. The predicted octanol–water partition coefficient (Wildman–Crippen LogP) is 1.68. The van der Waals surface area contributed by atoms with Gasteiger partial charge in [0.25, 0.3) is 0 Å². The zero-order chi connectivity index (χ0) is 13.5. The molecule has 4 nitrogen and oxygen atoms in total. The summed E-state index contributed by atoms with van der Waals surface area (Å²) in [4.78, 5) is 8.34. The highest BCUT2D eigenvalue weighted by Crippen LogP contribution is 2.16. The van der Waals surface area contributed by atoms with Gasteiger partial charge in [-0.1, -0.05) is 13.0 Å². The van der Waals surface area contributed by atoms with E-state index >= 15 is 0 Å². The molecule has 3 N–H and O–H groups in total. The van der Waals surface area contributed by atoms with Gasteiger partial charge in [0.1, 0.15) is 0 Å². The van der Waals surface area contributed by atoms with Crippen molar-refractivity contribution in [1.29, 1.82) is 0 Å². The summed E-state index contributed by atoms with van der Waals surface area (Å²) in [6.07, 6.45) is 3.55. The third kappa shape index (κ3) is 4.51. The number of aliphatic imine (C=N–C) groups is 1. The van der Waals surface area contributed by atoms with E-state index in [1.165, 1.54) is 24.3 Å². The van der Waals surface area contributed by atoms with E-state index in [9.17, 15) is 0 Å². The molecule has 106 valence electrons. The molecule has 5 heteroatoms. The molecule has 0 radical (unpaired) electrons. The fourth-order valence-electron chi connectivity index (χ4n) is 2.55. The number of hydrogen-bond acceptors (Lipinski definition) is 3. The molecule has 1 aliphatic rings. The van der Waals surface area contributed by atoms with Crippen molar-refractivity contribution < 1.29 is 0 Å². The van der Waals surface area contributed by atoms with Gasteiger partial charge >= 0.3 is 0 Å². The van der Waals surface area contributed by atoms with E-state index in [-0.39, 0.29) is 0 Å². The third-order valence-corrected chi connectivity index (χ3v) is 4.57. The van der Waals surface area contributed by atoms with Crippen LogP contribution >= 0.6 is 11.3 Å². The van der Waals surface area contributed by atoms with Gasteiger partial charge in [0.15, 0.2) is 5.96 Å². The van der Waals surface area contributed by atoms with Crippen molar-refractivity contribution in [3.05, 3.63) is 22.4 Å². The van der Waals surface area contributed by atoms with Gasteiger partial charge in [-0.2, -0.15) is 0 Å². The first-order valence-corrected chi connectivity index (χ1v) is 7.97. The van der Waals surface area contributed by atoms with Crippen molar-refractivity contribution >= 4 is 17.3 Å². The van der Waals surface area contributed by atoms with Crippen LogP contribution in [0, 0.1) is 0 Å². The molecule has 0 amide bonds. The van der Waals surface area contributed by atoms with E-state index in [0.29, 0.717) is 12.0 Å². The Balaban J connectivity index is 1.67. The lowest BCUT2D eigenvalue weighted by molar-refractivity contribution is 0.273. The Bertz CT molecular complexity index is 388. The molecule has 1 fully saturated rings. The van der Waals surface area contributed by atoms with Crippen LogP contribution in [0.5, 0.6) is 0 Å². The lowest BCUT2D eigenvalue weighted by Crippen LogP contribution is -2.36. The van der Waals surface area contributed by atoms with E-state index < -0.39 is 0 Å². The first kappa shape index (κ1) is 14.3. The number of likely N-dealkylation sites (N-methyl/N-ethyl adjacent to an activating group) is 1. The van der Waals surface area contributed by atoms with Crippen molar-refractivity contribution in [1.82, 2.24) is 10.2 Å². The third-order valence-electron chi connectivity index (χ3n) is 3.64. The minimum atomic E-state index is 0.583. The van der Waals surface area contributed by atoms with Crippen LogP contribution in [0.2, 0.25) is 0 Å². The molecule has 0 bridgehead atoms. The van der Waals surface area contributed by atoms with Crippen LogP contribution in [0.15, 0.2) is 22.5 Å². The maximum atomic E-state index is 5.90. The standard InChI is InChI=1S/C14H24N4S/c1-2-18-9-3-5-12(18)11-17-14(15)16-8-7-13-6-4-10-19-13/h4,6,10,12H,2-3,5,7-9,11H2,1H3,(H3,15,16,17). The molecule has 1 aromatic rings. The number of nitrogens with zero attached hydrogens (tertiary/aromatic N) is 2. The van der Waals surface area contributed by atoms with Gasteiger partial charge in [-0.25, -0.2) is 0 Å². The Kier molecular flexibility index (Phi) is 5.66. The minimum Gasteiger partial charge on any atom is -0.370 e. The predicted molar refractivity (Wildman–Crippen MR) is 82.8 cm³/mol. The first-order chi connectivity index (χ1) is 9.29. The van der Waals surface area contributed by atoms with Crippen molar-refractivity contribution in [3.8, 4) is 0 Å². The number of nitrogens with one attached hydrogen (secondary N) is 1. The van der Waals surface area contributed by atoms with Gasteiger partial charge in [0, 0.05) is 17.5 Å². The number of nitrogens with two attached hydrogens (primary N) is 1. The van der Waals surface area contributed by atoms with Crippen LogP contribution < -0.4 is 11.1 Å². The molecule has 2 rings (SSSR count). The van der Waals surface area contributed by atoms with Crippen LogP contribution in [0.1, 0.15) is 24.6 Å². The SMILES string of the molecule is CCN1CCCC1CN=C(N)NCCc1cccs1. The molecule has 2 heterocycles. The average molecular weight is 280 g/mol.